The maximum absolute atomic E-state index is 11.7. The Hall–Kier alpha value is -1.47. The highest BCUT2D eigenvalue weighted by Gasteiger charge is 2.19. The Kier molecular flexibility index (Phi) is 4.59. The Bertz CT molecular complexity index is 430. The second-order valence-electron chi connectivity index (χ2n) is 3.41. The number of nitrogens with one attached hydrogen (secondary N) is 1. The number of carbonyl (C=O) groups is 2. The smallest absolute Gasteiger partial charge is 0.334 e. The topological polar surface area (TPSA) is 88.5 Å². The highest BCUT2D eigenvalue weighted by atomic mass is 32.1. The summed E-state index contributed by atoms with van der Waals surface area (Å²) in [5.41, 5.74) is 0.341. The van der Waals surface area contributed by atoms with Gasteiger partial charge in [0, 0.05) is 12.0 Å². The molecule has 1 aromatic rings. The average molecular weight is 258 g/mol. The van der Waals surface area contributed by atoms with Gasteiger partial charge in [-0.15, -0.1) is 11.3 Å². The average Bonchev–Trinajstić information content (AvgIpc) is 2.58. The zero-order valence-electron chi connectivity index (χ0n) is 9.81. The molecule has 0 aliphatic heterocycles. The minimum atomic E-state index is -1.11. The third-order valence-electron chi connectivity index (χ3n) is 2.13. The molecule has 0 aromatic carbocycles. The number of aliphatic carboxylic acids is 1. The summed E-state index contributed by atoms with van der Waals surface area (Å²) < 4.78 is 4.70. The number of amides is 1. The van der Waals surface area contributed by atoms with Gasteiger partial charge < -0.3 is 15.2 Å². The van der Waals surface area contributed by atoms with Crippen LogP contribution in [0, 0.1) is 13.8 Å². The van der Waals surface area contributed by atoms with Crippen molar-refractivity contribution in [1.29, 1.82) is 0 Å². The predicted octanol–water partition coefficient (Wildman–Crippen LogP) is 0.589. The lowest BCUT2D eigenvalue weighted by Gasteiger charge is -2.10. The summed E-state index contributed by atoms with van der Waals surface area (Å²) in [7, 11) is 1.28. The molecule has 17 heavy (non-hydrogen) atoms. The molecule has 0 saturated heterocycles. The molecule has 94 valence electrons. The number of aryl methyl sites for hydroxylation is 2. The van der Waals surface area contributed by atoms with Crippen molar-refractivity contribution in [1.82, 2.24) is 10.3 Å². The number of aromatic nitrogens is 1. The number of methoxy groups -OCH3 is 1. The summed E-state index contributed by atoms with van der Waals surface area (Å²) in [6, 6.07) is 0. The highest BCUT2D eigenvalue weighted by Crippen LogP contribution is 2.15. The van der Waals surface area contributed by atoms with Gasteiger partial charge in [-0.3, -0.25) is 4.79 Å². The van der Waals surface area contributed by atoms with Gasteiger partial charge in [-0.05, 0) is 13.8 Å². The van der Waals surface area contributed by atoms with Crippen LogP contribution in [0.2, 0.25) is 0 Å². The number of carboxylic acid groups (broad SMARTS) is 1. The minimum Gasteiger partial charge on any atom is -0.479 e. The molecule has 0 aliphatic carbocycles. The first-order chi connectivity index (χ1) is 7.95. The van der Waals surface area contributed by atoms with E-state index in [4.69, 9.17) is 9.84 Å². The van der Waals surface area contributed by atoms with Gasteiger partial charge in [0.1, 0.15) is 5.69 Å². The van der Waals surface area contributed by atoms with Crippen molar-refractivity contribution in [3.8, 4) is 0 Å². The van der Waals surface area contributed by atoms with Gasteiger partial charge in [-0.25, -0.2) is 9.78 Å². The molecule has 0 spiro atoms. The zero-order valence-corrected chi connectivity index (χ0v) is 10.6. The lowest BCUT2D eigenvalue weighted by molar-refractivity contribution is -0.148. The van der Waals surface area contributed by atoms with Crippen molar-refractivity contribution in [3.63, 3.8) is 0 Å². The number of ether oxygens (including phenoxy) is 1. The fourth-order valence-electron chi connectivity index (χ4n) is 1.28. The van der Waals surface area contributed by atoms with E-state index in [-0.39, 0.29) is 12.5 Å². The van der Waals surface area contributed by atoms with E-state index in [1.165, 1.54) is 18.4 Å². The Labute approximate surface area is 103 Å². The first-order valence-electron chi connectivity index (χ1n) is 4.93. The third-order valence-corrected chi connectivity index (χ3v) is 3.01. The van der Waals surface area contributed by atoms with E-state index in [1.807, 2.05) is 6.92 Å². The van der Waals surface area contributed by atoms with Crippen LogP contribution in [-0.2, 0) is 9.53 Å². The van der Waals surface area contributed by atoms with E-state index >= 15 is 0 Å². The van der Waals surface area contributed by atoms with E-state index in [2.05, 4.69) is 10.3 Å². The molecule has 0 saturated carbocycles. The van der Waals surface area contributed by atoms with Crippen molar-refractivity contribution in [3.05, 3.63) is 15.6 Å². The van der Waals surface area contributed by atoms with Crippen molar-refractivity contribution < 1.29 is 19.4 Å². The van der Waals surface area contributed by atoms with E-state index in [0.29, 0.717) is 5.69 Å². The number of carboxylic acids is 1. The maximum atomic E-state index is 11.7. The number of thiazole rings is 1. The van der Waals surface area contributed by atoms with Crippen LogP contribution in [-0.4, -0.2) is 41.7 Å². The molecule has 1 heterocycles. The van der Waals surface area contributed by atoms with E-state index < -0.39 is 12.1 Å². The number of carbonyl (C=O) groups excluding carboxylic acids is 1. The van der Waals surface area contributed by atoms with E-state index in [1.54, 1.807) is 6.92 Å². The summed E-state index contributed by atoms with van der Waals surface area (Å²) in [5.74, 6) is -1.49. The van der Waals surface area contributed by atoms with Crippen molar-refractivity contribution in [2.45, 2.75) is 20.0 Å². The van der Waals surface area contributed by atoms with Gasteiger partial charge in [0.05, 0.1) is 11.6 Å². The molecular weight excluding hydrogens is 244 g/mol. The number of hydrogen-bond donors (Lipinski definition) is 2. The van der Waals surface area contributed by atoms with E-state index in [9.17, 15) is 9.59 Å². The SMILES string of the molecule is COC(CNC(=O)c1nc(C)sc1C)C(=O)O. The Balaban J connectivity index is 2.61. The lowest BCUT2D eigenvalue weighted by atomic mass is 10.3. The molecule has 1 rings (SSSR count). The largest absolute Gasteiger partial charge is 0.479 e. The molecule has 0 fully saturated rings. The monoisotopic (exact) mass is 258 g/mol. The fourth-order valence-corrected chi connectivity index (χ4v) is 2.10. The number of nitrogens with zero attached hydrogens (tertiary/aromatic N) is 1. The van der Waals surface area contributed by atoms with Crippen LogP contribution in [0.25, 0.3) is 0 Å². The van der Waals surface area contributed by atoms with Crippen LogP contribution in [0.1, 0.15) is 20.4 Å². The van der Waals surface area contributed by atoms with Gasteiger partial charge >= 0.3 is 5.97 Å². The molecule has 6 nitrogen and oxygen atoms in total. The molecule has 7 heteroatoms. The van der Waals surface area contributed by atoms with Crippen LogP contribution < -0.4 is 5.32 Å². The summed E-state index contributed by atoms with van der Waals surface area (Å²) in [6.07, 6.45) is -1.04. The summed E-state index contributed by atoms with van der Waals surface area (Å²) >= 11 is 1.42. The normalized spacial score (nSPS) is 12.2. The van der Waals surface area contributed by atoms with Gasteiger partial charge in [-0.2, -0.15) is 0 Å². The molecule has 0 radical (unpaired) electrons. The predicted molar refractivity (Wildman–Crippen MR) is 62.4 cm³/mol. The van der Waals surface area contributed by atoms with E-state index in [0.717, 1.165) is 9.88 Å². The van der Waals surface area contributed by atoms with Gasteiger partial charge in [0.25, 0.3) is 5.91 Å². The number of rotatable bonds is 5. The molecular formula is C10H14N2O4S. The second kappa shape index (κ2) is 5.74. The maximum Gasteiger partial charge on any atom is 0.334 e. The van der Waals surface area contributed by atoms with Gasteiger partial charge in [0.2, 0.25) is 0 Å². The van der Waals surface area contributed by atoms with Crippen molar-refractivity contribution in [2.75, 3.05) is 13.7 Å². The highest BCUT2D eigenvalue weighted by molar-refractivity contribution is 7.11. The Morgan fingerprint density at radius 2 is 2.18 bits per heavy atom. The van der Waals surface area contributed by atoms with Crippen LogP contribution >= 0.6 is 11.3 Å². The quantitative estimate of drug-likeness (QED) is 0.807. The summed E-state index contributed by atoms with van der Waals surface area (Å²) in [4.78, 5) is 27.3. The molecule has 0 bridgehead atoms. The van der Waals surface area contributed by atoms with Crippen LogP contribution in [0.5, 0.6) is 0 Å². The zero-order chi connectivity index (χ0) is 13.0. The first-order valence-corrected chi connectivity index (χ1v) is 5.75. The fraction of sp³-hybridized carbons (Fsp3) is 0.500. The molecule has 1 atom stereocenters. The van der Waals surface area contributed by atoms with Gasteiger partial charge in [-0.1, -0.05) is 0 Å². The molecule has 2 N–H and O–H groups in total. The van der Waals surface area contributed by atoms with Crippen LogP contribution in [0.3, 0.4) is 0 Å². The first kappa shape index (κ1) is 13.6. The Morgan fingerprint density at radius 1 is 1.53 bits per heavy atom. The van der Waals surface area contributed by atoms with Crippen LogP contribution in [0.4, 0.5) is 0 Å². The molecule has 1 aromatic heterocycles. The summed E-state index contributed by atoms with van der Waals surface area (Å²) in [5, 5.41) is 12.0. The minimum absolute atomic E-state index is 0.0827. The standard InChI is InChI=1S/C10H14N2O4S/c1-5-8(12-6(2)17-5)9(13)11-4-7(16-3)10(14)15/h7H,4H2,1-3H3,(H,11,13)(H,14,15). The molecule has 1 unspecified atom stereocenters. The summed E-state index contributed by atoms with van der Waals surface area (Å²) in [6.45, 7) is 3.52. The number of hydrogen-bond acceptors (Lipinski definition) is 5. The lowest BCUT2D eigenvalue weighted by Crippen LogP contribution is -2.38. The van der Waals surface area contributed by atoms with Crippen molar-refractivity contribution >= 4 is 23.2 Å². The van der Waals surface area contributed by atoms with Crippen molar-refractivity contribution in [2.24, 2.45) is 0 Å². The molecule has 1 amide bonds. The Morgan fingerprint density at radius 3 is 2.59 bits per heavy atom. The molecule has 0 aliphatic rings. The van der Waals surface area contributed by atoms with Crippen LogP contribution in [0.15, 0.2) is 0 Å². The second-order valence-corrected chi connectivity index (χ2v) is 4.82. The third kappa shape index (κ3) is 3.50. The van der Waals surface area contributed by atoms with Gasteiger partial charge in [0.15, 0.2) is 6.10 Å².